The van der Waals surface area contributed by atoms with Gasteiger partial charge in [-0.2, -0.15) is 5.10 Å². The maximum Gasteiger partial charge on any atom is 0.132 e. The molecule has 0 aliphatic carbocycles. The van der Waals surface area contributed by atoms with Crippen molar-refractivity contribution in [2.75, 3.05) is 18.0 Å². The lowest BCUT2D eigenvalue weighted by molar-refractivity contribution is 0.281. The summed E-state index contributed by atoms with van der Waals surface area (Å²) in [6.07, 6.45) is 4.74. The highest BCUT2D eigenvalue weighted by molar-refractivity contribution is 5.49. The molecule has 1 aromatic rings. The average molecular weight is 253 g/mol. The molecule has 0 atom stereocenters. The monoisotopic (exact) mass is 253 g/mol. The van der Waals surface area contributed by atoms with Crippen LogP contribution in [-0.2, 0) is 13.7 Å². The fourth-order valence-corrected chi connectivity index (χ4v) is 2.29. The molecule has 0 fully saturated rings. The molecule has 4 heteroatoms. The van der Waals surface area contributed by atoms with E-state index in [4.69, 9.17) is 0 Å². The molecular formula is C14H27N3O. The second-order valence-electron chi connectivity index (χ2n) is 4.86. The van der Waals surface area contributed by atoms with Crippen LogP contribution < -0.4 is 4.90 Å². The van der Waals surface area contributed by atoms with Crippen molar-refractivity contribution in [3.8, 4) is 0 Å². The highest BCUT2D eigenvalue weighted by Crippen LogP contribution is 2.24. The SMILES string of the molecule is CCCCN(CCCC)c1c(CO)c(C)nn1C. The van der Waals surface area contributed by atoms with Gasteiger partial charge in [-0.05, 0) is 19.8 Å². The van der Waals surface area contributed by atoms with Gasteiger partial charge >= 0.3 is 0 Å². The average Bonchev–Trinajstić information content (AvgIpc) is 2.64. The van der Waals surface area contributed by atoms with Gasteiger partial charge in [-0.15, -0.1) is 0 Å². The van der Waals surface area contributed by atoms with E-state index < -0.39 is 0 Å². The van der Waals surface area contributed by atoms with E-state index in [1.165, 1.54) is 25.7 Å². The number of aryl methyl sites for hydroxylation is 2. The van der Waals surface area contributed by atoms with Crippen LogP contribution in [0.3, 0.4) is 0 Å². The molecule has 104 valence electrons. The Balaban J connectivity index is 2.95. The molecule has 1 heterocycles. The van der Waals surface area contributed by atoms with Gasteiger partial charge in [0.2, 0.25) is 0 Å². The molecule has 1 N–H and O–H groups in total. The second-order valence-corrected chi connectivity index (χ2v) is 4.86. The molecule has 0 aliphatic heterocycles. The van der Waals surface area contributed by atoms with E-state index in [9.17, 15) is 5.11 Å². The number of aromatic nitrogens is 2. The summed E-state index contributed by atoms with van der Waals surface area (Å²) in [5.74, 6) is 1.09. The molecule has 0 spiro atoms. The van der Waals surface area contributed by atoms with Gasteiger partial charge in [0.05, 0.1) is 12.3 Å². The van der Waals surface area contributed by atoms with Crippen LogP contribution >= 0.6 is 0 Å². The van der Waals surface area contributed by atoms with Crippen molar-refractivity contribution in [2.24, 2.45) is 7.05 Å². The van der Waals surface area contributed by atoms with Gasteiger partial charge < -0.3 is 10.0 Å². The summed E-state index contributed by atoms with van der Waals surface area (Å²) >= 11 is 0. The first kappa shape index (κ1) is 15.0. The minimum absolute atomic E-state index is 0.0732. The number of aliphatic hydroxyl groups excluding tert-OH is 1. The molecule has 0 saturated carbocycles. The molecule has 0 bridgehead atoms. The quantitative estimate of drug-likeness (QED) is 0.774. The first-order valence-corrected chi connectivity index (χ1v) is 7.03. The Morgan fingerprint density at radius 3 is 2.17 bits per heavy atom. The van der Waals surface area contributed by atoms with Gasteiger partial charge in [0, 0.05) is 25.7 Å². The molecule has 0 saturated heterocycles. The van der Waals surface area contributed by atoms with Crippen LogP contribution in [0.15, 0.2) is 0 Å². The first-order valence-electron chi connectivity index (χ1n) is 7.03. The minimum atomic E-state index is 0.0732. The summed E-state index contributed by atoms with van der Waals surface area (Å²) in [5, 5.41) is 14.0. The maximum absolute atomic E-state index is 9.53. The topological polar surface area (TPSA) is 41.3 Å². The third-order valence-corrected chi connectivity index (χ3v) is 3.33. The third kappa shape index (κ3) is 3.48. The highest BCUT2D eigenvalue weighted by atomic mass is 16.3. The van der Waals surface area contributed by atoms with E-state index >= 15 is 0 Å². The Morgan fingerprint density at radius 2 is 1.72 bits per heavy atom. The number of rotatable bonds is 8. The predicted molar refractivity (Wildman–Crippen MR) is 75.9 cm³/mol. The van der Waals surface area contributed by atoms with E-state index in [0.717, 1.165) is 30.2 Å². The van der Waals surface area contributed by atoms with Crippen LogP contribution in [0.5, 0.6) is 0 Å². The highest BCUT2D eigenvalue weighted by Gasteiger charge is 2.18. The first-order chi connectivity index (χ1) is 8.65. The van der Waals surface area contributed by atoms with E-state index in [1.54, 1.807) is 0 Å². The Kier molecular flexibility index (Phi) is 6.19. The smallest absolute Gasteiger partial charge is 0.132 e. The standard InChI is InChI=1S/C14H27N3O/c1-5-7-9-17(10-8-6-2)14-13(11-18)12(3)15-16(14)4/h18H,5-11H2,1-4H3. The molecule has 1 aromatic heterocycles. The van der Waals surface area contributed by atoms with Gasteiger partial charge in [-0.1, -0.05) is 26.7 Å². The number of hydrogen-bond acceptors (Lipinski definition) is 3. The number of aliphatic hydroxyl groups is 1. The Morgan fingerprint density at radius 1 is 1.17 bits per heavy atom. The summed E-state index contributed by atoms with van der Waals surface area (Å²) in [6.45, 7) is 8.54. The van der Waals surface area contributed by atoms with Crippen LogP contribution in [0.25, 0.3) is 0 Å². The van der Waals surface area contributed by atoms with Crippen LogP contribution in [0, 0.1) is 6.92 Å². The molecule has 0 radical (unpaired) electrons. The van der Waals surface area contributed by atoms with Gasteiger partial charge in [0.25, 0.3) is 0 Å². The zero-order valence-electron chi connectivity index (χ0n) is 12.2. The molecule has 18 heavy (non-hydrogen) atoms. The van der Waals surface area contributed by atoms with Crippen molar-refractivity contribution in [3.05, 3.63) is 11.3 Å². The summed E-state index contributed by atoms with van der Waals surface area (Å²) < 4.78 is 1.91. The summed E-state index contributed by atoms with van der Waals surface area (Å²) in [7, 11) is 1.96. The maximum atomic E-state index is 9.53. The van der Waals surface area contributed by atoms with Crippen molar-refractivity contribution in [2.45, 2.75) is 53.1 Å². The Labute approximate surface area is 111 Å². The van der Waals surface area contributed by atoms with E-state index in [1.807, 2.05) is 18.7 Å². The number of nitrogens with zero attached hydrogens (tertiary/aromatic N) is 3. The van der Waals surface area contributed by atoms with Crippen LogP contribution in [0.2, 0.25) is 0 Å². The zero-order chi connectivity index (χ0) is 13.5. The lowest BCUT2D eigenvalue weighted by Crippen LogP contribution is -2.28. The summed E-state index contributed by atoms with van der Waals surface area (Å²) in [4.78, 5) is 2.37. The van der Waals surface area contributed by atoms with Crippen molar-refractivity contribution in [1.82, 2.24) is 9.78 Å². The van der Waals surface area contributed by atoms with Gasteiger partial charge in [0.15, 0.2) is 0 Å². The molecule has 4 nitrogen and oxygen atoms in total. The summed E-state index contributed by atoms with van der Waals surface area (Å²) in [6, 6.07) is 0. The lowest BCUT2D eigenvalue weighted by atomic mass is 10.2. The normalized spacial score (nSPS) is 10.9. The molecule has 0 unspecified atom stereocenters. The molecule has 0 aliphatic rings. The number of anilines is 1. The molecule has 1 rings (SSSR count). The second kappa shape index (κ2) is 7.41. The zero-order valence-corrected chi connectivity index (χ0v) is 12.2. The lowest BCUT2D eigenvalue weighted by Gasteiger charge is -2.25. The minimum Gasteiger partial charge on any atom is -0.391 e. The Hall–Kier alpha value is -1.03. The van der Waals surface area contributed by atoms with E-state index in [2.05, 4.69) is 23.8 Å². The van der Waals surface area contributed by atoms with Crippen molar-refractivity contribution in [3.63, 3.8) is 0 Å². The predicted octanol–water partition coefficient (Wildman–Crippen LogP) is 2.63. The summed E-state index contributed by atoms with van der Waals surface area (Å²) in [5.41, 5.74) is 1.91. The fourth-order valence-electron chi connectivity index (χ4n) is 2.29. The van der Waals surface area contributed by atoms with Crippen molar-refractivity contribution in [1.29, 1.82) is 0 Å². The van der Waals surface area contributed by atoms with Gasteiger partial charge in [0.1, 0.15) is 5.82 Å². The molecule has 0 amide bonds. The van der Waals surface area contributed by atoms with Crippen LogP contribution in [-0.4, -0.2) is 28.0 Å². The van der Waals surface area contributed by atoms with Crippen molar-refractivity contribution >= 4 is 5.82 Å². The third-order valence-electron chi connectivity index (χ3n) is 3.33. The molecular weight excluding hydrogens is 226 g/mol. The van der Waals surface area contributed by atoms with Gasteiger partial charge in [-0.25, -0.2) is 0 Å². The fraction of sp³-hybridized carbons (Fsp3) is 0.786. The van der Waals surface area contributed by atoms with E-state index in [0.29, 0.717) is 0 Å². The number of unbranched alkanes of at least 4 members (excludes halogenated alkanes) is 2. The van der Waals surface area contributed by atoms with Gasteiger partial charge in [-0.3, -0.25) is 4.68 Å². The van der Waals surface area contributed by atoms with Crippen molar-refractivity contribution < 1.29 is 5.11 Å². The van der Waals surface area contributed by atoms with E-state index in [-0.39, 0.29) is 6.61 Å². The largest absolute Gasteiger partial charge is 0.391 e. The van der Waals surface area contributed by atoms with Crippen LogP contribution in [0.4, 0.5) is 5.82 Å². The number of hydrogen-bond donors (Lipinski definition) is 1. The molecule has 0 aromatic carbocycles. The van der Waals surface area contributed by atoms with Crippen LogP contribution in [0.1, 0.15) is 50.8 Å². The Bertz CT molecular complexity index is 352.